The van der Waals surface area contributed by atoms with E-state index in [-0.39, 0.29) is 29.5 Å². The van der Waals surface area contributed by atoms with Gasteiger partial charge >= 0.3 is 0 Å². The highest BCUT2D eigenvalue weighted by Crippen LogP contribution is 2.16. The monoisotopic (exact) mass is 305 g/mol. The quantitative estimate of drug-likeness (QED) is 0.566. The zero-order valence-corrected chi connectivity index (χ0v) is 12.5. The number of nitrogens with zero attached hydrogens (tertiary/aromatic N) is 1. The number of imide groups is 1. The number of nitrogen functional groups attached to an aromatic ring is 1. The largest absolute Gasteiger partial charge is 0.399 e. The van der Waals surface area contributed by atoms with Crippen molar-refractivity contribution in [2.75, 3.05) is 12.8 Å². The van der Waals surface area contributed by atoms with Gasteiger partial charge in [0, 0.05) is 30.8 Å². The average molecular weight is 305 g/mol. The lowest BCUT2D eigenvalue weighted by Crippen LogP contribution is -2.36. The molecule has 0 aliphatic carbocycles. The fourth-order valence-electron chi connectivity index (χ4n) is 1.94. The average Bonchev–Trinajstić information content (AvgIpc) is 2.51. The highest BCUT2D eigenvalue weighted by molar-refractivity contribution is 6.02. The number of aldehydes is 1. The number of hydrogen-bond donors (Lipinski definition) is 2. The molecular weight excluding hydrogens is 286 g/mol. The Labute approximate surface area is 128 Å². The van der Waals surface area contributed by atoms with Gasteiger partial charge in [0.1, 0.15) is 0 Å². The van der Waals surface area contributed by atoms with Crippen LogP contribution in [0.1, 0.15) is 40.5 Å². The Morgan fingerprint density at radius 1 is 1.36 bits per heavy atom. The van der Waals surface area contributed by atoms with E-state index in [4.69, 9.17) is 5.73 Å². The first-order valence-electron chi connectivity index (χ1n) is 6.75. The molecule has 7 heteroatoms. The van der Waals surface area contributed by atoms with Gasteiger partial charge in [-0.2, -0.15) is 0 Å². The van der Waals surface area contributed by atoms with Crippen LogP contribution in [0.15, 0.2) is 18.2 Å². The molecule has 3 amide bonds. The number of nitrogens with one attached hydrogen (secondary N) is 1. The Balaban J connectivity index is 2.77. The van der Waals surface area contributed by atoms with Crippen LogP contribution in [-0.4, -0.2) is 42.5 Å². The van der Waals surface area contributed by atoms with Gasteiger partial charge in [-0.3, -0.25) is 24.5 Å². The van der Waals surface area contributed by atoms with Crippen LogP contribution in [0.5, 0.6) is 0 Å². The second-order valence-electron chi connectivity index (χ2n) is 4.95. The second-order valence-corrected chi connectivity index (χ2v) is 4.95. The molecule has 1 unspecified atom stereocenters. The van der Waals surface area contributed by atoms with Gasteiger partial charge in [0.25, 0.3) is 5.91 Å². The summed E-state index contributed by atoms with van der Waals surface area (Å²) in [5.74, 6) is -0.728. The Bertz CT molecular complexity index is 586. The molecule has 0 saturated carbocycles. The number of rotatable bonds is 7. The van der Waals surface area contributed by atoms with E-state index < -0.39 is 5.91 Å². The van der Waals surface area contributed by atoms with Gasteiger partial charge in [-0.15, -0.1) is 0 Å². The van der Waals surface area contributed by atoms with Gasteiger partial charge < -0.3 is 10.6 Å². The Hall–Kier alpha value is -2.70. The molecule has 0 aliphatic heterocycles. The van der Waals surface area contributed by atoms with Crippen LogP contribution in [0.4, 0.5) is 5.69 Å². The highest BCUT2D eigenvalue weighted by atomic mass is 16.2. The summed E-state index contributed by atoms with van der Waals surface area (Å²) >= 11 is 0. The Kier molecular flexibility index (Phi) is 6.25. The minimum absolute atomic E-state index is 0.125. The standard InChI is InChI=1S/C15H19N3O4/c1-10(3-6-14(21)17-9-20)18(2)15(22)13-5-4-12(16)7-11(13)8-19/h4-5,7-10H,3,6,16H2,1-2H3,(H,17,20,21). The molecule has 0 fully saturated rings. The van der Waals surface area contributed by atoms with E-state index in [1.54, 1.807) is 20.0 Å². The summed E-state index contributed by atoms with van der Waals surface area (Å²) in [6, 6.07) is 4.26. The van der Waals surface area contributed by atoms with Crippen molar-refractivity contribution in [3.05, 3.63) is 29.3 Å². The fourth-order valence-corrected chi connectivity index (χ4v) is 1.94. The van der Waals surface area contributed by atoms with Crippen LogP contribution in [0, 0.1) is 0 Å². The molecule has 0 spiro atoms. The number of carbonyl (C=O) groups excluding carboxylic acids is 4. The lowest BCUT2D eigenvalue weighted by molar-refractivity contribution is -0.125. The van der Waals surface area contributed by atoms with Crippen molar-refractivity contribution in [3.8, 4) is 0 Å². The molecule has 0 aromatic heterocycles. The summed E-state index contributed by atoms with van der Waals surface area (Å²) in [5, 5.41) is 2.04. The topological polar surface area (TPSA) is 110 Å². The molecule has 0 heterocycles. The lowest BCUT2D eigenvalue weighted by Gasteiger charge is -2.25. The minimum Gasteiger partial charge on any atom is -0.399 e. The van der Waals surface area contributed by atoms with Crippen LogP contribution in [0.25, 0.3) is 0 Å². The van der Waals surface area contributed by atoms with Crippen molar-refractivity contribution in [1.29, 1.82) is 0 Å². The fraction of sp³-hybridized carbons (Fsp3) is 0.333. The smallest absolute Gasteiger partial charge is 0.254 e. The summed E-state index contributed by atoms with van der Waals surface area (Å²) in [5.41, 5.74) is 6.48. The van der Waals surface area contributed by atoms with Gasteiger partial charge in [0.15, 0.2) is 6.29 Å². The molecular formula is C15H19N3O4. The first-order chi connectivity index (χ1) is 10.4. The Morgan fingerprint density at radius 3 is 2.64 bits per heavy atom. The summed E-state index contributed by atoms with van der Waals surface area (Å²) in [6.45, 7) is 1.78. The summed E-state index contributed by atoms with van der Waals surface area (Å²) in [7, 11) is 1.59. The Morgan fingerprint density at radius 2 is 2.05 bits per heavy atom. The van der Waals surface area contributed by atoms with Crippen molar-refractivity contribution in [3.63, 3.8) is 0 Å². The third kappa shape index (κ3) is 4.41. The van der Waals surface area contributed by atoms with E-state index in [0.717, 1.165) is 0 Å². The lowest BCUT2D eigenvalue weighted by atomic mass is 10.0. The first kappa shape index (κ1) is 17.4. The van der Waals surface area contributed by atoms with Crippen LogP contribution in [0.2, 0.25) is 0 Å². The molecule has 22 heavy (non-hydrogen) atoms. The van der Waals surface area contributed by atoms with Crippen molar-refractivity contribution < 1.29 is 19.2 Å². The maximum absolute atomic E-state index is 12.4. The summed E-state index contributed by atoms with van der Waals surface area (Å²) in [6.07, 6.45) is 1.43. The van der Waals surface area contributed by atoms with Crippen LogP contribution >= 0.6 is 0 Å². The predicted octanol–water partition coefficient (Wildman–Crippen LogP) is 0.595. The molecule has 1 rings (SSSR count). The zero-order valence-electron chi connectivity index (χ0n) is 12.5. The third-order valence-electron chi connectivity index (χ3n) is 3.42. The van der Waals surface area contributed by atoms with E-state index in [9.17, 15) is 19.2 Å². The highest BCUT2D eigenvalue weighted by Gasteiger charge is 2.20. The summed E-state index contributed by atoms with van der Waals surface area (Å²) < 4.78 is 0. The van der Waals surface area contributed by atoms with Gasteiger partial charge in [-0.1, -0.05) is 0 Å². The molecule has 1 aromatic rings. The molecule has 0 aliphatic rings. The minimum atomic E-state index is -0.399. The third-order valence-corrected chi connectivity index (χ3v) is 3.42. The van der Waals surface area contributed by atoms with Gasteiger partial charge in [0.2, 0.25) is 12.3 Å². The second kappa shape index (κ2) is 7.92. The molecule has 0 saturated heterocycles. The number of carbonyl (C=O) groups is 4. The molecule has 1 atom stereocenters. The van der Waals surface area contributed by atoms with Crippen molar-refractivity contribution in [2.45, 2.75) is 25.8 Å². The molecule has 0 bridgehead atoms. The van der Waals surface area contributed by atoms with E-state index in [1.807, 2.05) is 5.32 Å². The number of benzene rings is 1. The summed E-state index contributed by atoms with van der Waals surface area (Å²) in [4.78, 5) is 46.3. The van der Waals surface area contributed by atoms with Crippen LogP contribution in [-0.2, 0) is 9.59 Å². The normalized spacial score (nSPS) is 11.4. The zero-order chi connectivity index (χ0) is 16.7. The molecule has 3 N–H and O–H groups in total. The molecule has 118 valence electrons. The van der Waals surface area contributed by atoms with Crippen LogP contribution < -0.4 is 11.1 Å². The number of hydrogen-bond acceptors (Lipinski definition) is 5. The van der Waals surface area contributed by atoms with Gasteiger partial charge in [-0.25, -0.2) is 0 Å². The van der Waals surface area contributed by atoms with E-state index in [1.165, 1.54) is 17.0 Å². The first-order valence-corrected chi connectivity index (χ1v) is 6.75. The van der Waals surface area contributed by atoms with Crippen molar-refractivity contribution >= 4 is 30.2 Å². The molecule has 7 nitrogen and oxygen atoms in total. The molecule has 0 radical (unpaired) electrons. The van der Waals surface area contributed by atoms with E-state index in [2.05, 4.69) is 0 Å². The van der Waals surface area contributed by atoms with Gasteiger partial charge in [-0.05, 0) is 31.5 Å². The number of anilines is 1. The van der Waals surface area contributed by atoms with Gasteiger partial charge in [0.05, 0.1) is 5.56 Å². The molecule has 1 aromatic carbocycles. The van der Waals surface area contributed by atoms with Crippen molar-refractivity contribution in [2.24, 2.45) is 0 Å². The van der Waals surface area contributed by atoms with E-state index in [0.29, 0.717) is 24.8 Å². The van der Waals surface area contributed by atoms with E-state index >= 15 is 0 Å². The number of nitrogens with two attached hydrogens (primary N) is 1. The maximum Gasteiger partial charge on any atom is 0.254 e. The SMILES string of the molecule is CC(CCC(=O)NC=O)N(C)C(=O)c1ccc(N)cc1C=O. The maximum atomic E-state index is 12.4. The number of amides is 3. The van der Waals surface area contributed by atoms with Crippen molar-refractivity contribution in [1.82, 2.24) is 10.2 Å². The predicted molar refractivity (Wildman–Crippen MR) is 81.2 cm³/mol. The van der Waals surface area contributed by atoms with Crippen LogP contribution in [0.3, 0.4) is 0 Å².